The van der Waals surface area contributed by atoms with Crippen molar-refractivity contribution in [1.29, 1.82) is 0 Å². The molecule has 6 nitrogen and oxygen atoms in total. The largest absolute Gasteiger partial charge is 0.381 e. The van der Waals surface area contributed by atoms with Gasteiger partial charge in [-0.05, 0) is 31.6 Å². The third-order valence-corrected chi connectivity index (χ3v) is 6.18. The van der Waals surface area contributed by atoms with Gasteiger partial charge in [0.25, 0.3) is 0 Å². The quantitative estimate of drug-likeness (QED) is 0.203. The van der Waals surface area contributed by atoms with E-state index in [2.05, 4.69) is 36.5 Å². The molecule has 0 radical (unpaired) electrons. The Kier molecular flexibility index (Phi) is 15.6. The van der Waals surface area contributed by atoms with Gasteiger partial charge in [0.15, 0.2) is 0 Å². The second kappa shape index (κ2) is 17.4. The zero-order valence-corrected chi connectivity index (χ0v) is 20.3. The maximum Gasteiger partial charge on any atom is 0.221 e. The van der Waals surface area contributed by atoms with Crippen molar-refractivity contribution >= 4 is 5.91 Å². The second-order valence-corrected chi connectivity index (χ2v) is 8.31. The number of nitrogens with one attached hydrogen (secondary N) is 1. The van der Waals surface area contributed by atoms with Crippen molar-refractivity contribution in [3.8, 4) is 0 Å². The lowest BCUT2D eigenvalue weighted by atomic mass is 9.89. The van der Waals surface area contributed by atoms with Gasteiger partial charge in [0.2, 0.25) is 5.91 Å². The molecule has 6 heteroatoms. The number of hydrogen-bond donors (Lipinski definition) is 1. The molecule has 180 valence electrons. The monoisotopic (exact) mass is 439 g/mol. The van der Waals surface area contributed by atoms with E-state index in [4.69, 9.17) is 18.9 Å². The number of ether oxygens (including phenoxy) is 4. The van der Waals surface area contributed by atoms with Crippen LogP contribution in [0.5, 0.6) is 0 Å². The molecule has 5 atom stereocenters. The molecule has 0 aromatic rings. The highest BCUT2D eigenvalue weighted by Gasteiger charge is 2.41. The molecule has 0 aliphatic heterocycles. The summed E-state index contributed by atoms with van der Waals surface area (Å²) in [6.07, 6.45) is 18.2. The number of methoxy groups -OCH3 is 4. The summed E-state index contributed by atoms with van der Waals surface area (Å²) in [6, 6.07) is 0. The highest BCUT2D eigenvalue weighted by atomic mass is 16.5. The van der Waals surface area contributed by atoms with Crippen molar-refractivity contribution in [2.45, 2.75) is 83.0 Å². The molecule has 1 aliphatic carbocycles. The van der Waals surface area contributed by atoms with Gasteiger partial charge in [-0.25, -0.2) is 0 Å². The highest BCUT2D eigenvalue weighted by Crippen LogP contribution is 2.39. The van der Waals surface area contributed by atoms with Gasteiger partial charge >= 0.3 is 0 Å². The van der Waals surface area contributed by atoms with Crippen LogP contribution >= 0.6 is 0 Å². The average molecular weight is 440 g/mol. The number of hydrogen-bond acceptors (Lipinski definition) is 5. The smallest absolute Gasteiger partial charge is 0.221 e. The fourth-order valence-corrected chi connectivity index (χ4v) is 4.32. The van der Waals surface area contributed by atoms with Gasteiger partial charge in [-0.2, -0.15) is 0 Å². The van der Waals surface area contributed by atoms with Gasteiger partial charge < -0.3 is 24.3 Å². The zero-order chi connectivity index (χ0) is 22.9. The first-order chi connectivity index (χ1) is 15.1. The summed E-state index contributed by atoms with van der Waals surface area (Å²) in [7, 11) is 6.94. The fourth-order valence-electron chi connectivity index (χ4n) is 4.32. The van der Waals surface area contributed by atoms with E-state index < -0.39 is 0 Å². The van der Waals surface area contributed by atoms with Crippen LogP contribution in [-0.4, -0.2) is 59.4 Å². The van der Waals surface area contributed by atoms with E-state index in [-0.39, 0.29) is 30.9 Å². The molecule has 31 heavy (non-hydrogen) atoms. The highest BCUT2D eigenvalue weighted by molar-refractivity contribution is 5.75. The van der Waals surface area contributed by atoms with Crippen LogP contribution in [0.3, 0.4) is 0 Å². The number of amides is 1. The molecule has 1 rings (SSSR count). The molecule has 0 aromatic heterocycles. The van der Waals surface area contributed by atoms with Crippen LogP contribution in [0.15, 0.2) is 24.3 Å². The van der Waals surface area contributed by atoms with Crippen LogP contribution in [0.2, 0.25) is 0 Å². The lowest BCUT2D eigenvalue weighted by molar-refractivity contribution is -0.122. The molecular formula is C25H45NO5. The van der Waals surface area contributed by atoms with E-state index in [1.54, 1.807) is 28.4 Å². The van der Waals surface area contributed by atoms with Crippen molar-refractivity contribution in [3.63, 3.8) is 0 Å². The number of unbranched alkanes of at least 4 members (excludes halogenated alkanes) is 3. The Balaban J connectivity index is 2.60. The normalized spacial score (nSPS) is 24.9. The maximum absolute atomic E-state index is 11.6. The summed E-state index contributed by atoms with van der Waals surface area (Å²) in [5, 5.41) is 2.71. The fraction of sp³-hybridized carbons (Fsp3) is 0.800. The molecular weight excluding hydrogens is 394 g/mol. The Hall–Kier alpha value is -1.21. The molecule has 0 heterocycles. The Bertz CT molecular complexity index is 522. The first kappa shape index (κ1) is 27.8. The summed E-state index contributed by atoms with van der Waals surface area (Å²) in [5.41, 5.74) is 0. The van der Waals surface area contributed by atoms with Crippen LogP contribution in [0.1, 0.15) is 64.7 Å². The second-order valence-electron chi connectivity index (χ2n) is 8.31. The molecule has 1 amide bonds. The van der Waals surface area contributed by atoms with Crippen molar-refractivity contribution in [2.75, 3.05) is 35.2 Å². The van der Waals surface area contributed by atoms with E-state index in [1.165, 1.54) is 19.3 Å². The Morgan fingerprint density at radius 1 is 1.06 bits per heavy atom. The number of rotatable bonds is 17. The van der Waals surface area contributed by atoms with Crippen LogP contribution in [-0.2, 0) is 23.7 Å². The van der Waals surface area contributed by atoms with E-state index in [0.717, 1.165) is 32.1 Å². The first-order valence-electron chi connectivity index (χ1n) is 11.8. The molecule has 0 bridgehead atoms. The van der Waals surface area contributed by atoms with Crippen molar-refractivity contribution < 1.29 is 23.7 Å². The third kappa shape index (κ3) is 10.8. The maximum atomic E-state index is 11.6. The zero-order valence-electron chi connectivity index (χ0n) is 20.3. The van der Waals surface area contributed by atoms with Crippen molar-refractivity contribution in [2.24, 2.45) is 11.8 Å². The molecule has 0 spiro atoms. The van der Waals surface area contributed by atoms with Gasteiger partial charge in [0, 0.05) is 47.2 Å². The van der Waals surface area contributed by atoms with Crippen LogP contribution in [0.25, 0.3) is 0 Å². The summed E-state index contributed by atoms with van der Waals surface area (Å²) >= 11 is 0. The van der Waals surface area contributed by atoms with Crippen molar-refractivity contribution in [3.05, 3.63) is 24.3 Å². The lowest BCUT2D eigenvalue weighted by Gasteiger charge is -2.23. The molecule has 1 N–H and O–H groups in total. The molecule has 0 saturated heterocycles. The van der Waals surface area contributed by atoms with Gasteiger partial charge in [0.05, 0.1) is 18.3 Å². The van der Waals surface area contributed by atoms with Crippen molar-refractivity contribution in [1.82, 2.24) is 5.32 Å². The van der Waals surface area contributed by atoms with E-state index in [1.807, 2.05) is 0 Å². The summed E-state index contributed by atoms with van der Waals surface area (Å²) in [5.74, 6) is 0.717. The Morgan fingerprint density at radius 2 is 1.84 bits per heavy atom. The summed E-state index contributed by atoms with van der Waals surface area (Å²) < 4.78 is 22.1. The predicted octanol–water partition coefficient (Wildman–Crippen LogP) is 4.64. The topological polar surface area (TPSA) is 66.0 Å². The number of allylic oxidation sites excluding steroid dienone is 2. The van der Waals surface area contributed by atoms with E-state index in [0.29, 0.717) is 18.3 Å². The Labute approximate surface area is 189 Å². The van der Waals surface area contributed by atoms with Gasteiger partial charge in [-0.1, -0.05) is 50.5 Å². The van der Waals surface area contributed by atoms with Gasteiger partial charge in [-0.15, -0.1) is 0 Å². The number of carbonyl (C=O) groups is 1. The summed E-state index contributed by atoms with van der Waals surface area (Å²) in [6.45, 7) is 2.49. The molecule has 0 aromatic carbocycles. The minimum atomic E-state index is 0.0326. The molecule has 1 fully saturated rings. The van der Waals surface area contributed by atoms with Crippen LogP contribution < -0.4 is 5.32 Å². The van der Waals surface area contributed by atoms with E-state index in [9.17, 15) is 4.79 Å². The molecule has 1 saturated carbocycles. The predicted molar refractivity (Wildman–Crippen MR) is 125 cm³/mol. The third-order valence-electron chi connectivity index (χ3n) is 6.18. The first-order valence-corrected chi connectivity index (χ1v) is 11.8. The molecule has 1 aliphatic rings. The Morgan fingerprint density at radius 3 is 2.48 bits per heavy atom. The van der Waals surface area contributed by atoms with Crippen LogP contribution in [0.4, 0.5) is 0 Å². The van der Waals surface area contributed by atoms with Crippen LogP contribution in [0, 0.1) is 11.8 Å². The minimum absolute atomic E-state index is 0.0326. The van der Waals surface area contributed by atoms with E-state index >= 15 is 0 Å². The summed E-state index contributed by atoms with van der Waals surface area (Å²) in [4.78, 5) is 11.6. The number of carbonyl (C=O) groups excluding carboxylic acids is 1. The molecule has 3 unspecified atom stereocenters. The standard InChI is InChI=1S/C25H45NO5/c1-6-7-10-13-20(29-3)16-17-22-21(23(30-4)18-24(22)31-5)14-11-8-9-12-15-25(27)26-19-28-2/h8,11,16-17,20-24H,6-7,9-10,12-15,18-19H2,1-5H3,(H,26,27)/b11-8-,17-16+/t20?,21-,22-,23?,24?/m1/s1. The minimum Gasteiger partial charge on any atom is -0.381 e. The average Bonchev–Trinajstić information content (AvgIpc) is 3.13. The van der Waals surface area contributed by atoms with Gasteiger partial charge in [0.1, 0.15) is 6.73 Å². The lowest BCUT2D eigenvalue weighted by Crippen LogP contribution is -2.24. The van der Waals surface area contributed by atoms with Gasteiger partial charge in [-0.3, -0.25) is 4.79 Å². The SMILES string of the molecule is CCCCCC(/C=C/[C@H]1C(OC)CC(OC)[C@@H]1C/C=C\CCCC(=O)NCOC)OC.